The van der Waals surface area contributed by atoms with Crippen molar-refractivity contribution in [2.24, 2.45) is 0 Å². The van der Waals surface area contributed by atoms with Gasteiger partial charge in [0, 0.05) is 50.6 Å². The molecule has 0 saturated heterocycles. The fraction of sp³-hybridized carbons (Fsp3) is 0.400. The Bertz CT molecular complexity index is 2900. The Kier molecular flexibility index (Phi) is 8.32. The second-order valence-corrected chi connectivity index (χ2v) is 23.6. The van der Waals surface area contributed by atoms with Crippen molar-refractivity contribution in [1.29, 1.82) is 0 Å². The molecule has 2 aliphatic carbocycles. The van der Waals surface area contributed by atoms with E-state index in [-0.39, 0.29) is 39.5 Å². The minimum Gasteiger partial charge on any atom is -0.335 e. The molecule has 3 nitrogen and oxygen atoms in total. The molecule has 4 atom stereocenters. The van der Waals surface area contributed by atoms with Crippen LogP contribution in [0.4, 0.5) is 39.8 Å². The highest BCUT2D eigenvalue weighted by Gasteiger charge is 2.62. The maximum atomic E-state index is 2.92. The number of rotatable bonds is 3. The van der Waals surface area contributed by atoms with Crippen LogP contribution in [0.5, 0.6) is 0 Å². The van der Waals surface area contributed by atoms with Crippen molar-refractivity contribution in [3.63, 3.8) is 0 Å². The molecule has 4 heteroatoms. The Morgan fingerprint density at radius 3 is 1.75 bits per heavy atom. The first-order valence-electron chi connectivity index (χ1n) is 24.6. The predicted octanol–water partition coefficient (Wildman–Crippen LogP) is 14.0. The Balaban J connectivity index is 1.18. The van der Waals surface area contributed by atoms with Gasteiger partial charge in [-0.1, -0.05) is 160 Å². The number of fused-ring (bicyclic) bond motifs is 10. The first kappa shape index (κ1) is 40.3. The van der Waals surface area contributed by atoms with Gasteiger partial charge in [-0.05, 0) is 143 Å². The van der Waals surface area contributed by atoms with Gasteiger partial charge in [-0.2, -0.15) is 0 Å². The molecule has 12 rings (SSSR count). The predicted molar refractivity (Wildman–Crippen MR) is 274 cm³/mol. The summed E-state index contributed by atoms with van der Waals surface area (Å²) in [7, 11) is 0. The monoisotopic (exact) mass is 840 g/mol. The first-order valence-corrected chi connectivity index (χ1v) is 24.6. The van der Waals surface area contributed by atoms with Gasteiger partial charge in [-0.3, -0.25) is 0 Å². The molecule has 4 aliphatic heterocycles. The van der Waals surface area contributed by atoms with Gasteiger partial charge < -0.3 is 14.7 Å². The summed E-state index contributed by atoms with van der Waals surface area (Å²) in [5.41, 5.74) is 22.3. The standard InChI is InChI=1S/C60H66BN3/c1-55(2,3)41-24-27-43(28-25-41)62-50-30-26-42(56(4,5)6)36-48(50)61-47-22-18-21-45-54(47)64(60(10)34-17-14-31-57(45,60)7)52-38-44(37-51(62)53(52)61)63-49-29-23-40(39-19-12-11-13-20-39)35-46(49)58(8)32-15-16-33-59(58,63)9/h11-13,18-30,35-38H,14-17,31-34H2,1-10H3. The zero-order valence-electron chi connectivity index (χ0n) is 40.1. The number of para-hydroxylation sites is 1. The molecule has 64 heavy (non-hydrogen) atoms. The van der Waals surface area contributed by atoms with E-state index in [0.717, 1.165) is 6.42 Å². The van der Waals surface area contributed by atoms with Crippen molar-refractivity contribution in [2.45, 2.75) is 153 Å². The summed E-state index contributed by atoms with van der Waals surface area (Å²) < 4.78 is 0. The molecule has 324 valence electrons. The second kappa shape index (κ2) is 13.2. The Morgan fingerprint density at radius 2 is 1.06 bits per heavy atom. The van der Waals surface area contributed by atoms with E-state index in [2.05, 4.69) is 205 Å². The third kappa shape index (κ3) is 5.18. The lowest BCUT2D eigenvalue weighted by molar-refractivity contribution is 0.194. The third-order valence-electron chi connectivity index (χ3n) is 18.3. The molecule has 0 amide bonds. The van der Waals surface area contributed by atoms with Gasteiger partial charge in [-0.25, -0.2) is 0 Å². The second-order valence-electron chi connectivity index (χ2n) is 23.6. The molecule has 6 aliphatic rings. The number of hydrogen-bond acceptors (Lipinski definition) is 3. The van der Waals surface area contributed by atoms with Gasteiger partial charge in [-0.15, -0.1) is 0 Å². The quantitative estimate of drug-likeness (QED) is 0.164. The summed E-state index contributed by atoms with van der Waals surface area (Å²) >= 11 is 0. The molecule has 2 fully saturated rings. The number of nitrogens with zero attached hydrogens (tertiary/aromatic N) is 3. The van der Waals surface area contributed by atoms with Crippen LogP contribution >= 0.6 is 0 Å². The molecule has 0 N–H and O–H groups in total. The van der Waals surface area contributed by atoms with E-state index in [4.69, 9.17) is 0 Å². The van der Waals surface area contributed by atoms with E-state index in [1.165, 1.54) is 129 Å². The molecule has 0 radical (unpaired) electrons. The minimum absolute atomic E-state index is 0.000802. The Labute approximate surface area is 384 Å². The van der Waals surface area contributed by atoms with Gasteiger partial charge in [0.15, 0.2) is 0 Å². The zero-order chi connectivity index (χ0) is 44.3. The van der Waals surface area contributed by atoms with Crippen molar-refractivity contribution < 1.29 is 0 Å². The summed E-state index contributed by atoms with van der Waals surface area (Å²) in [6.07, 6.45) is 9.83. The van der Waals surface area contributed by atoms with E-state index in [1.54, 1.807) is 5.56 Å². The summed E-state index contributed by atoms with van der Waals surface area (Å²) in [6.45, 7) is 24.7. The van der Waals surface area contributed by atoms with Crippen LogP contribution in [0.1, 0.15) is 143 Å². The molecular formula is C60H66BN3. The van der Waals surface area contributed by atoms with E-state index in [0.29, 0.717) is 0 Å². The van der Waals surface area contributed by atoms with Crippen molar-refractivity contribution in [3.8, 4) is 11.1 Å². The molecule has 4 heterocycles. The zero-order valence-corrected chi connectivity index (χ0v) is 40.1. The molecule has 4 unspecified atom stereocenters. The van der Waals surface area contributed by atoms with Crippen LogP contribution in [-0.2, 0) is 21.7 Å². The third-order valence-corrected chi connectivity index (χ3v) is 18.3. The van der Waals surface area contributed by atoms with Crippen molar-refractivity contribution in [3.05, 3.63) is 144 Å². The molecular weight excluding hydrogens is 773 g/mol. The van der Waals surface area contributed by atoms with Crippen LogP contribution in [0.2, 0.25) is 0 Å². The van der Waals surface area contributed by atoms with Crippen LogP contribution in [-0.4, -0.2) is 17.8 Å². The lowest BCUT2D eigenvalue weighted by Gasteiger charge is -2.54. The smallest absolute Gasteiger partial charge is 0.252 e. The fourth-order valence-electron chi connectivity index (χ4n) is 14.2. The summed E-state index contributed by atoms with van der Waals surface area (Å²) in [4.78, 5) is 8.44. The fourth-order valence-corrected chi connectivity index (χ4v) is 14.2. The van der Waals surface area contributed by atoms with Gasteiger partial charge in [0.1, 0.15) is 0 Å². The Morgan fingerprint density at radius 1 is 0.453 bits per heavy atom. The van der Waals surface area contributed by atoms with E-state index in [9.17, 15) is 0 Å². The topological polar surface area (TPSA) is 9.72 Å². The molecule has 2 saturated carbocycles. The number of anilines is 7. The minimum atomic E-state index is -0.0946. The van der Waals surface area contributed by atoms with E-state index in [1.807, 2.05) is 0 Å². The van der Waals surface area contributed by atoms with Crippen molar-refractivity contribution >= 4 is 62.9 Å². The normalized spacial score (nSPS) is 26.2. The molecule has 0 aromatic heterocycles. The molecule has 0 bridgehead atoms. The first-order chi connectivity index (χ1) is 30.5. The number of hydrogen-bond donors (Lipinski definition) is 0. The van der Waals surface area contributed by atoms with Gasteiger partial charge in [0.25, 0.3) is 6.71 Å². The SMILES string of the molecule is CC(C)(C)c1ccc(N2c3ccc(C(C)(C)C)cc3B3c4cccc5c4N(c4cc(N6c7ccc(-c8ccccc8)cc7C7(C)CCCCC67C)cc2c43)C2(C)CCCCC52C)cc1. The Hall–Kier alpha value is -5.22. The van der Waals surface area contributed by atoms with Gasteiger partial charge in [0.2, 0.25) is 0 Å². The van der Waals surface area contributed by atoms with Crippen molar-refractivity contribution in [1.82, 2.24) is 0 Å². The molecule has 0 spiro atoms. The van der Waals surface area contributed by atoms with E-state index >= 15 is 0 Å². The van der Waals surface area contributed by atoms with Crippen LogP contribution < -0.4 is 31.1 Å². The summed E-state index contributed by atoms with van der Waals surface area (Å²) in [6, 6.07) is 48.3. The average molecular weight is 840 g/mol. The van der Waals surface area contributed by atoms with Crippen LogP contribution in [0.25, 0.3) is 11.1 Å². The van der Waals surface area contributed by atoms with Crippen LogP contribution in [0, 0.1) is 0 Å². The maximum absolute atomic E-state index is 2.92. The number of benzene rings is 6. The molecule has 6 aromatic carbocycles. The highest BCUT2D eigenvalue weighted by Crippen LogP contribution is 2.65. The molecule has 6 aromatic rings. The lowest BCUT2D eigenvalue weighted by atomic mass is 9.33. The largest absolute Gasteiger partial charge is 0.335 e. The maximum Gasteiger partial charge on any atom is 0.252 e. The van der Waals surface area contributed by atoms with Crippen LogP contribution in [0.15, 0.2) is 121 Å². The van der Waals surface area contributed by atoms with Crippen molar-refractivity contribution in [2.75, 3.05) is 14.7 Å². The summed E-state index contributed by atoms with van der Waals surface area (Å²) in [5, 5.41) is 0. The van der Waals surface area contributed by atoms with Gasteiger partial charge >= 0.3 is 0 Å². The average Bonchev–Trinajstić information content (AvgIpc) is 3.62. The van der Waals surface area contributed by atoms with Crippen LogP contribution in [0.3, 0.4) is 0 Å². The highest BCUT2D eigenvalue weighted by atomic mass is 15.3. The van der Waals surface area contributed by atoms with E-state index < -0.39 is 0 Å². The lowest BCUT2D eigenvalue weighted by Crippen LogP contribution is -2.64. The summed E-state index contributed by atoms with van der Waals surface area (Å²) in [5.74, 6) is 0. The highest BCUT2D eigenvalue weighted by molar-refractivity contribution is 7.00. The van der Waals surface area contributed by atoms with Gasteiger partial charge in [0.05, 0.1) is 11.1 Å².